The lowest BCUT2D eigenvalue weighted by Gasteiger charge is -2.19. The average Bonchev–Trinajstić information content (AvgIpc) is 3.11. The third-order valence-electron chi connectivity index (χ3n) is 6.09. The Morgan fingerprint density at radius 3 is 1.00 bits per heavy atom. The Balaban J connectivity index is 1.66. The first-order chi connectivity index (χ1) is 25.2. The van der Waals surface area contributed by atoms with Crippen molar-refractivity contribution in [2.24, 2.45) is 0 Å². The number of carbonyl (C=O) groups excluding carboxylic acids is 1. The Kier molecular flexibility index (Phi) is 31.2. The lowest BCUT2D eigenvalue weighted by atomic mass is 10.2. The van der Waals surface area contributed by atoms with Crippen molar-refractivity contribution in [2.75, 3.05) is 152 Å². The van der Waals surface area contributed by atoms with Crippen LogP contribution in [-0.4, -0.2) is 172 Å². The third kappa shape index (κ3) is 32.8. The lowest BCUT2D eigenvalue weighted by Crippen LogP contribution is -2.24. The maximum absolute atomic E-state index is 12.0. The first-order valence-corrected chi connectivity index (χ1v) is 19.1. The maximum Gasteiger partial charge on any atom is 0.308 e. The minimum absolute atomic E-state index is 0.0637. The van der Waals surface area contributed by atoms with Crippen molar-refractivity contribution in [1.29, 1.82) is 0 Å². The van der Waals surface area contributed by atoms with Crippen LogP contribution in [0.5, 0.6) is 0 Å². The molecule has 0 radical (unpaired) electrons. The van der Waals surface area contributed by atoms with Crippen LogP contribution in [-0.2, 0) is 75.9 Å². The molecule has 0 amide bonds. The van der Waals surface area contributed by atoms with Crippen molar-refractivity contribution < 1.29 is 74.2 Å². The highest BCUT2D eigenvalue weighted by Gasteiger charge is 2.16. The maximum atomic E-state index is 12.0. The summed E-state index contributed by atoms with van der Waals surface area (Å²) >= 11 is 0. The molecule has 0 saturated heterocycles. The normalized spacial score (nSPS) is 12.1. The topological polar surface area (TPSA) is 171 Å². The molecule has 0 spiro atoms. The van der Waals surface area contributed by atoms with Gasteiger partial charge < -0.3 is 56.8 Å². The number of rotatable bonds is 38. The molecule has 0 aliphatic rings. The van der Waals surface area contributed by atoms with Gasteiger partial charge in [-0.05, 0) is 32.9 Å². The smallest absolute Gasteiger partial charge is 0.308 e. The van der Waals surface area contributed by atoms with Crippen molar-refractivity contribution >= 4 is 16.1 Å². The Bertz CT molecular complexity index is 1040. The van der Waals surface area contributed by atoms with Crippen LogP contribution >= 0.6 is 0 Å². The van der Waals surface area contributed by atoms with Gasteiger partial charge in [0, 0.05) is 0 Å². The Morgan fingerprint density at radius 1 is 0.442 bits per heavy atom. The van der Waals surface area contributed by atoms with E-state index in [1.807, 2.05) is 20.8 Å². The van der Waals surface area contributed by atoms with E-state index in [4.69, 9.17) is 61.0 Å². The molecule has 52 heavy (non-hydrogen) atoms. The predicted molar refractivity (Wildman–Crippen MR) is 189 cm³/mol. The fraction of sp³-hybridized carbons (Fsp3) is 0.800. The second-order valence-electron chi connectivity index (χ2n) is 11.7. The highest BCUT2D eigenvalue weighted by molar-refractivity contribution is 7.86. The number of hydrogen-bond acceptors (Lipinski definition) is 16. The van der Waals surface area contributed by atoms with E-state index < -0.39 is 15.7 Å². The average molecular weight is 771 g/mol. The van der Waals surface area contributed by atoms with E-state index in [1.54, 1.807) is 18.2 Å². The van der Waals surface area contributed by atoms with Crippen molar-refractivity contribution in [3.8, 4) is 0 Å². The third-order valence-corrected chi connectivity index (χ3v) is 7.42. The number of carbonyl (C=O) groups is 1. The van der Waals surface area contributed by atoms with Crippen LogP contribution in [0, 0.1) is 0 Å². The zero-order valence-corrected chi connectivity index (χ0v) is 32.1. The molecule has 1 aromatic rings. The second kappa shape index (κ2) is 33.7. The van der Waals surface area contributed by atoms with Crippen molar-refractivity contribution in [3.63, 3.8) is 0 Å². The fourth-order valence-corrected chi connectivity index (χ4v) is 4.62. The number of benzene rings is 1. The minimum Gasteiger partial charge on any atom is -0.460 e. The number of ether oxygens (including phenoxy) is 12. The van der Waals surface area contributed by atoms with Gasteiger partial charge in [-0.2, -0.15) is 8.42 Å². The first-order valence-electron chi connectivity index (χ1n) is 17.7. The van der Waals surface area contributed by atoms with Crippen LogP contribution in [0.15, 0.2) is 35.2 Å². The predicted octanol–water partition coefficient (Wildman–Crippen LogP) is 2.31. The summed E-state index contributed by atoms with van der Waals surface area (Å²) in [5, 5.41) is 0. The molecule has 0 aliphatic carbocycles. The molecule has 0 fully saturated rings. The van der Waals surface area contributed by atoms with Gasteiger partial charge in [-0.3, -0.25) is 8.98 Å². The summed E-state index contributed by atoms with van der Waals surface area (Å²) in [5.41, 5.74) is -0.481. The minimum atomic E-state index is -3.76. The Hall–Kier alpha value is -1.84. The molecule has 1 aromatic carbocycles. The van der Waals surface area contributed by atoms with Gasteiger partial charge in [-0.15, -0.1) is 0 Å². The molecule has 0 aromatic heterocycles. The van der Waals surface area contributed by atoms with Gasteiger partial charge in [0.15, 0.2) is 0 Å². The molecule has 0 saturated carbocycles. The number of hydrogen-bond donors (Lipinski definition) is 0. The summed E-state index contributed by atoms with van der Waals surface area (Å²) in [6.07, 6.45) is 0.224. The van der Waals surface area contributed by atoms with E-state index >= 15 is 0 Å². The highest BCUT2D eigenvalue weighted by atomic mass is 32.2. The Labute approximate surface area is 309 Å². The summed E-state index contributed by atoms with van der Waals surface area (Å²) < 4.78 is 93.8. The van der Waals surface area contributed by atoms with E-state index in [9.17, 15) is 13.2 Å². The molecule has 304 valence electrons. The summed E-state index contributed by atoms with van der Waals surface area (Å²) in [7, 11) is -3.76. The molecule has 0 N–H and O–H groups in total. The fourth-order valence-electron chi connectivity index (χ4n) is 3.71. The van der Waals surface area contributed by atoms with Crippen LogP contribution in [0.4, 0.5) is 0 Å². The summed E-state index contributed by atoms with van der Waals surface area (Å²) in [6.45, 7) is 14.8. The standard InChI is InChI=1S/C35H62O16S/c1-35(2,3)51-34(36)9-10-39-11-12-40-13-14-41-15-16-42-17-18-43-19-20-44-21-22-45-23-24-46-25-26-47-27-28-48-29-30-49-31-32-50-52(37,38)33-7-5-4-6-8-33/h4-8H,9-32H2,1-3H3. The molecule has 16 nitrogen and oxygen atoms in total. The van der Waals surface area contributed by atoms with Gasteiger partial charge in [-0.1, -0.05) is 18.2 Å². The van der Waals surface area contributed by atoms with Gasteiger partial charge in [0.05, 0.1) is 163 Å². The van der Waals surface area contributed by atoms with Gasteiger partial charge in [0.25, 0.3) is 10.1 Å². The number of esters is 1. The molecule has 0 aliphatic heterocycles. The molecular weight excluding hydrogens is 708 g/mol. The highest BCUT2D eigenvalue weighted by Crippen LogP contribution is 2.11. The molecule has 17 heteroatoms. The van der Waals surface area contributed by atoms with Crippen molar-refractivity contribution in [1.82, 2.24) is 0 Å². The first kappa shape index (κ1) is 48.2. The van der Waals surface area contributed by atoms with E-state index in [-0.39, 0.29) is 30.5 Å². The molecule has 0 atom stereocenters. The zero-order chi connectivity index (χ0) is 37.9. The van der Waals surface area contributed by atoms with Crippen LogP contribution < -0.4 is 0 Å². The molecule has 0 bridgehead atoms. The lowest BCUT2D eigenvalue weighted by molar-refractivity contribution is -0.156. The monoisotopic (exact) mass is 770 g/mol. The van der Waals surface area contributed by atoms with E-state index in [0.717, 1.165) is 0 Å². The van der Waals surface area contributed by atoms with Crippen molar-refractivity contribution in [2.45, 2.75) is 37.7 Å². The van der Waals surface area contributed by atoms with Gasteiger partial charge in [0.1, 0.15) is 5.60 Å². The summed E-state index contributed by atoms with van der Waals surface area (Å²) in [5.74, 6) is -0.272. The molecular formula is C35H62O16S. The summed E-state index contributed by atoms with van der Waals surface area (Å²) in [4.78, 5) is 11.7. The van der Waals surface area contributed by atoms with Crippen LogP contribution in [0.3, 0.4) is 0 Å². The second-order valence-corrected chi connectivity index (χ2v) is 13.3. The zero-order valence-electron chi connectivity index (χ0n) is 31.3. The Morgan fingerprint density at radius 2 is 0.712 bits per heavy atom. The van der Waals surface area contributed by atoms with E-state index in [1.165, 1.54) is 12.1 Å². The molecule has 1 rings (SSSR count). The SMILES string of the molecule is CC(C)(C)OC(=O)CCOCCOCCOCCOCCOCCOCCOCCOCCOCCOCCOCCOS(=O)(=O)c1ccccc1. The van der Waals surface area contributed by atoms with Crippen LogP contribution in [0.25, 0.3) is 0 Å². The van der Waals surface area contributed by atoms with Gasteiger partial charge in [-0.25, -0.2) is 0 Å². The van der Waals surface area contributed by atoms with Gasteiger partial charge in [0.2, 0.25) is 0 Å². The largest absolute Gasteiger partial charge is 0.460 e. The van der Waals surface area contributed by atoms with E-state index in [2.05, 4.69) is 0 Å². The van der Waals surface area contributed by atoms with Crippen LogP contribution in [0.1, 0.15) is 27.2 Å². The van der Waals surface area contributed by atoms with Gasteiger partial charge >= 0.3 is 5.97 Å². The summed E-state index contributed by atoms with van der Waals surface area (Å²) in [6, 6.07) is 7.96. The molecule has 0 heterocycles. The molecule has 0 unspecified atom stereocenters. The quantitative estimate of drug-likeness (QED) is 0.0545. The van der Waals surface area contributed by atoms with Crippen molar-refractivity contribution in [3.05, 3.63) is 30.3 Å². The van der Waals surface area contributed by atoms with E-state index in [0.29, 0.717) is 139 Å². The van der Waals surface area contributed by atoms with Crippen LogP contribution in [0.2, 0.25) is 0 Å².